The van der Waals surface area contributed by atoms with Gasteiger partial charge in [0.25, 0.3) is 5.69 Å². The summed E-state index contributed by atoms with van der Waals surface area (Å²) in [7, 11) is 1.68. The Bertz CT molecular complexity index is 513. The molecule has 0 radical (unpaired) electrons. The van der Waals surface area contributed by atoms with Crippen LogP contribution in [-0.2, 0) is 0 Å². The zero-order valence-corrected chi connectivity index (χ0v) is 11.0. The number of rotatable bonds is 5. The number of aromatic carboxylic acids is 1. The van der Waals surface area contributed by atoms with E-state index in [1.165, 1.54) is 18.2 Å². The number of benzene rings is 1. The molecule has 0 bridgehead atoms. The van der Waals surface area contributed by atoms with Crippen molar-refractivity contribution in [3.63, 3.8) is 0 Å². The van der Waals surface area contributed by atoms with Crippen LogP contribution in [0.25, 0.3) is 0 Å². The third-order valence-electron chi connectivity index (χ3n) is 3.09. The summed E-state index contributed by atoms with van der Waals surface area (Å²) in [5.74, 6) is -1.35. The van der Waals surface area contributed by atoms with E-state index < -0.39 is 22.1 Å². The zero-order chi connectivity index (χ0) is 14.8. The molecule has 7 nitrogen and oxygen atoms in total. The summed E-state index contributed by atoms with van der Waals surface area (Å²) in [4.78, 5) is 22.7. The van der Waals surface area contributed by atoms with Crippen molar-refractivity contribution in [2.24, 2.45) is 0 Å². The van der Waals surface area contributed by atoms with Crippen LogP contribution in [0.2, 0.25) is 0 Å². The average Bonchev–Trinajstić information content (AvgIpc) is 2.36. The SMILES string of the molecule is CN(c1ccc(C(=O)O)c([N+](=O)[O-])c1)C(C)(C)CO. The molecular weight excluding hydrogens is 252 g/mol. The number of aliphatic hydroxyl groups is 1. The van der Waals surface area contributed by atoms with Crippen LogP contribution in [-0.4, -0.2) is 40.3 Å². The van der Waals surface area contributed by atoms with Gasteiger partial charge in [0.05, 0.1) is 17.1 Å². The van der Waals surface area contributed by atoms with Gasteiger partial charge in [0, 0.05) is 18.8 Å². The first kappa shape index (κ1) is 14.9. The predicted octanol–water partition coefficient (Wildman–Crippen LogP) is 1.50. The minimum atomic E-state index is -1.35. The maximum atomic E-state index is 10.9. The first-order valence-corrected chi connectivity index (χ1v) is 5.57. The normalized spacial score (nSPS) is 11.2. The van der Waals surface area contributed by atoms with Gasteiger partial charge in [0.1, 0.15) is 5.56 Å². The molecule has 0 unspecified atom stereocenters. The van der Waals surface area contributed by atoms with Crippen LogP contribution in [0.4, 0.5) is 11.4 Å². The topological polar surface area (TPSA) is 104 Å². The lowest BCUT2D eigenvalue weighted by Crippen LogP contribution is -2.44. The van der Waals surface area contributed by atoms with Gasteiger partial charge >= 0.3 is 5.97 Å². The van der Waals surface area contributed by atoms with Gasteiger partial charge in [-0.15, -0.1) is 0 Å². The van der Waals surface area contributed by atoms with Crippen molar-refractivity contribution in [2.75, 3.05) is 18.6 Å². The molecule has 1 rings (SSSR count). The Hall–Kier alpha value is -2.15. The molecule has 7 heteroatoms. The van der Waals surface area contributed by atoms with Gasteiger partial charge in [-0.1, -0.05) is 0 Å². The number of nitrogens with zero attached hydrogens (tertiary/aromatic N) is 2. The lowest BCUT2D eigenvalue weighted by molar-refractivity contribution is -0.385. The average molecular weight is 268 g/mol. The van der Waals surface area contributed by atoms with E-state index in [1.54, 1.807) is 25.8 Å². The van der Waals surface area contributed by atoms with E-state index in [0.29, 0.717) is 5.69 Å². The second kappa shape index (κ2) is 5.23. The van der Waals surface area contributed by atoms with Crippen molar-refractivity contribution in [3.8, 4) is 0 Å². The van der Waals surface area contributed by atoms with E-state index in [4.69, 9.17) is 5.11 Å². The molecule has 0 spiro atoms. The summed E-state index contributed by atoms with van der Waals surface area (Å²) in [5, 5.41) is 29.1. The van der Waals surface area contributed by atoms with E-state index >= 15 is 0 Å². The van der Waals surface area contributed by atoms with Crippen molar-refractivity contribution < 1.29 is 19.9 Å². The Kier molecular flexibility index (Phi) is 4.10. The molecule has 0 aliphatic rings. The highest BCUT2D eigenvalue weighted by Gasteiger charge is 2.26. The van der Waals surface area contributed by atoms with Gasteiger partial charge in [0.15, 0.2) is 0 Å². The number of hydrogen-bond acceptors (Lipinski definition) is 5. The van der Waals surface area contributed by atoms with Crippen LogP contribution in [0.5, 0.6) is 0 Å². The van der Waals surface area contributed by atoms with Crippen molar-refractivity contribution in [2.45, 2.75) is 19.4 Å². The van der Waals surface area contributed by atoms with Crippen molar-refractivity contribution >= 4 is 17.3 Å². The maximum Gasteiger partial charge on any atom is 0.342 e. The largest absolute Gasteiger partial charge is 0.477 e. The first-order valence-electron chi connectivity index (χ1n) is 5.57. The Labute approximate surface area is 110 Å². The van der Waals surface area contributed by atoms with E-state index in [2.05, 4.69) is 0 Å². The first-order chi connectivity index (χ1) is 8.70. The summed E-state index contributed by atoms with van der Waals surface area (Å²) in [6.45, 7) is 3.39. The molecule has 0 aromatic heterocycles. The number of nitro groups is 1. The highest BCUT2D eigenvalue weighted by molar-refractivity contribution is 5.93. The molecule has 0 atom stereocenters. The third-order valence-corrected chi connectivity index (χ3v) is 3.09. The number of carbonyl (C=O) groups is 1. The number of hydrogen-bond donors (Lipinski definition) is 2. The predicted molar refractivity (Wildman–Crippen MR) is 69.6 cm³/mol. The molecule has 0 aliphatic carbocycles. The summed E-state index contributed by atoms with van der Waals surface area (Å²) in [6.07, 6.45) is 0. The number of carboxylic acid groups (broad SMARTS) is 1. The minimum absolute atomic E-state index is 0.141. The fourth-order valence-electron chi connectivity index (χ4n) is 1.52. The molecule has 0 heterocycles. The molecule has 2 N–H and O–H groups in total. The maximum absolute atomic E-state index is 10.9. The number of likely N-dealkylation sites (N-methyl/N-ethyl adjacent to an activating group) is 1. The minimum Gasteiger partial charge on any atom is -0.477 e. The number of anilines is 1. The van der Waals surface area contributed by atoms with Crippen molar-refractivity contribution in [1.29, 1.82) is 0 Å². The van der Waals surface area contributed by atoms with E-state index in [-0.39, 0.29) is 12.2 Å². The van der Waals surface area contributed by atoms with E-state index in [0.717, 1.165) is 0 Å². The molecule has 19 heavy (non-hydrogen) atoms. The highest BCUT2D eigenvalue weighted by Crippen LogP contribution is 2.28. The Balaban J connectivity index is 3.30. The third kappa shape index (κ3) is 3.00. The Morgan fingerprint density at radius 3 is 2.47 bits per heavy atom. The number of aliphatic hydroxyl groups excluding tert-OH is 1. The summed E-state index contributed by atoms with van der Waals surface area (Å²) >= 11 is 0. The molecule has 0 amide bonds. The Morgan fingerprint density at radius 1 is 1.47 bits per heavy atom. The molecule has 1 aromatic rings. The van der Waals surface area contributed by atoms with Crippen LogP contribution in [0.3, 0.4) is 0 Å². The lowest BCUT2D eigenvalue weighted by atomic mass is 10.0. The smallest absolute Gasteiger partial charge is 0.342 e. The number of carboxylic acids is 1. The molecule has 0 saturated heterocycles. The zero-order valence-electron chi connectivity index (χ0n) is 11.0. The standard InChI is InChI=1S/C12H16N2O5/c1-12(2,7-15)13(3)8-4-5-9(11(16)17)10(6-8)14(18)19/h4-6,15H,7H2,1-3H3,(H,16,17). The van der Waals surface area contributed by atoms with Crippen LogP contribution < -0.4 is 4.90 Å². The quantitative estimate of drug-likeness (QED) is 0.619. The van der Waals surface area contributed by atoms with Crippen LogP contribution >= 0.6 is 0 Å². The number of nitro benzene ring substituents is 1. The fourth-order valence-corrected chi connectivity index (χ4v) is 1.52. The van der Waals surface area contributed by atoms with E-state index in [1.807, 2.05) is 0 Å². The second-order valence-corrected chi connectivity index (χ2v) is 4.79. The van der Waals surface area contributed by atoms with Crippen molar-refractivity contribution in [3.05, 3.63) is 33.9 Å². The van der Waals surface area contributed by atoms with E-state index in [9.17, 15) is 20.0 Å². The van der Waals surface area contributed by atoms with Crippen molar-refractivity contribution in [1.82, 2.24) is 0 Å². The molecular formula is C12H16N2O5. The van der Waals surface area contributed by atoms with Gasteiger partial charge in [-0.2, -0.15) is 0 Å². The van der Waals surface area contributed by atoms with Gasteiger partial charge in [0.2, 0.25) is 0 Å². The lowest BCUT2D eigenvalue weighted by Gasteiger charge is -2.35. The monoisotopic (exact) mass is 268 g/mol. The van der Waals surface area contributed by atoms with Gasteiger partial charge < -0.3 is 15.1 Å². The highest BCUT2D eigenvalue weighted by atomic mass is 16.6. The van der Waals surface area contributed by atoms with Crippen LogP contribution in [0, 0.1) is 10.1 Å². The Morgan fingerprint density at radius 2 is 2.05 bits per heavy atom. The second-order valence-electron chi connectivity index (χ2n) is 4.79. The molecule has 0 saturated carbocycles. The van der Waals surface area contributed by atoms with Gasteiger partial charge in [-0.25, -0.2) is 4.79 Å². The van der Waals surface area contributed by atoms with Crippen LogP contribution in [0.15, 0.2) is 18.2 Å². The van der Waals surface area contributed by atoms with Gasteiger partial charge in [-0.3, -0.25) is 10.1 Å². The summed E-state index contributed by atoms with van der Waals surface area (Å²) < 4.78 is 0. The molecule has 0 fully saturated rings. The van der Waals surface area contributed by atoms with Crippen LogP contribution in [0.1, 0.15) is 24.2 Å². The summed E-state index contributed by atoms with van der Waals surface area (Å²) in [5.41, 5.74) is -0.969. The molecule has 1 aromatic carbocycles. The summed E-state index contributed by atoms with van der Waals surface area (Å²) in [6, 6.07) is 3.87. The van der Waals surface area contributed by atoms with Gasteiger partial charge in [-0.05, 0) is 26.0 Å². The fraction of sp³-hybridized carbons (Fsp3) is 0.417. The molecule has 0 aliphatic heterocycles. The molecule has 104 valence electrons.